The third-order valence-corrected chi connectivity index (χ3v) is 2.94. The molecule has 5 heteroatoms. The van der Waals surface area contributed by atoms with Gasteiger partial charge >= 0.3 is 0 Å². The molecule has 0 bridgehead atoms. The molecule has 0 fully saturated rings. The zero-order chi connectivity index (χ0) is 13.7. The minimum Gasteiger partial charge on any atom is -0.493 e. The lowest BCUT2D eigenvalue weighted by Gasteiger charge is -2.19. The zero-order valence-corrected chi connectivity index (χ0v) is 12.0. The topological polar surface area (TPSA) is 53.7 Å². The van der Waals surface area contributed by atoms with Gasteiger partial charge in [-0.25, -0.2) is 0 Å². The molecule has 0 saturated heterocycles. The van der Waals surface area contributed by atoms with Crippen LogP contribution >= 0.6 is 12.2 Å². The van der Waals surface area contributed by atoms with Crippen LogP contribution in [-0.4, -0.2) is 26.3 Å². The first-order chi connectivity index (χ1) is 8.54. The van der Waals surface area contributed by atoms with Crippen molar-refractivity contribution >= 4 is 17.2 Å². The van der Waals surface area contributed by atoms with Crippen LogP contribution < -0.4 is 19.9 Å². The molecule has 0 aliphatic rings. The first kappa shape index (κ1) is 14.6. The highest BCUT2D eigenvalue weighted by atomic mass is 32.1. The van der Waals surface area contributed by atoms with Gasteiger partial charge in [-0.15, -0.1) is 0 Å². The molecule has 1 aromatic carbocycles. The Balaban J connectivity index is 3.23. The maximum Gasteiger partial charge on any atom is 0.203 e. The summed E-state index contributed by atoms with van der Waals surface area (Å²) >= 11 is 4.94. The Hall–Kier alpha value is -1.49. The molecule has 0 heterocycles. The molecule has 1 unspecified atom stereocenters. The third kappa shape index (κ3) is 3.04. The minimum atomic E-state index is 0.164. The number of rotatable bonds is 6. The fourth-order valence-electron chi connectivity index (χ4n) is 1.92. The minimum absolute atomic E-state index is 0.164. The fraction of sp³-hybridized carbons (Fsp3) is 0.462. The predicted octanol–water partition coefficient (Wildman–Crippen LogP) is 2.49. The number of hydrogen-bond acceptors (Lipinski definition) is 4. The molecule has 0 spiro atoms. The first-order valence-corrected chi connectivity index (χ1v) is 6.03. The Kier molecular flexibility index (Phi) is 5.22. The largest absolute Gasteiger partial charge is 0.493 e. The van der Waals surface area contributed by atoms with Crippen molar-refractivity contribution in [2.45, 2.75) is 19.3 Å². The molecule has 0 radical (unpaired) electrons. The Labute approximate surface area is 113 Å². The summed E-state index contributed by atoms with van der Waals surface area (Å²) in [6, 6.07) is 3.80. The molecule has 1 aromatic rings. The van der Waals surface area contributed by atoms with Crippen LogP contribution in [0.4, 0.5) is 0 Å². The van der Waals surface area contributed by atoms with Crippen molar-refractivity contribution in [2.75, 3.05) is 21.3 Å². The van der Waals surface area contributed by atoms with E-state index in [2.05, 4.69) is 0 Å². The number of hydrogen-bond donors (Lipinski definition) is 1. The summed E-state index contributed by atoms with van der Waals surface area (Å²) in [5.74, 6) is 2.06. The van der Waals surface area contributed by atoms with E-state index in [0.717, 1.165) is 5.56 Å². The lowest BCUT2D eigenvalue weighted by molar-refractivity contribution is 0.321. The molecule has 0 aliphatic heterocycles. The van der Waals surface area contributed by atoms with Crippen molar-refractivity contribution in [2.24, 2.45) is 5.73 Å². The normalized spacial score (nSPS) is 11.8. The summed E-state index contributed by atoms with van der Waals surface area (Å²) in [7, 11) is 4.78. The van der Waals surface area contributed by atoms with Gasteiger partial charge < -0.3 is 19.9 Å². The van der Waals surface area contributed by atoms with Gasteiger partial charge in [0.1, 0.15) is 0 Å². The molecular formula is C13H19NO3S. The lowest BCUT2D eigenvalue weighted by atomic mass is 9.96. The van der Waals surface area contributed by atoms with Crippen LogP contribution in [0.1, 0.15) is 24.8 Å². The molecule has 0 aromatic heterocycles. The zero-order valence-electron chi connectivity index (χ0n) is 11.1. The first-order valence-electron chi connectivity index (χ1n) is 5.62. The van der Waals surface area contributed by atoms with Crippen LogP contribution in [0, 0.1) is 0 Å². The van der Waals surface area contributed by atoms with Gasteiger partial charge in [-0.1, -0.05) is 25.2 Å². The Morgan fingerprint density at radius 2 is 1.78 bits per heavy atom. The average Bonchev–Trinajstić information content (AvgIpc) is 2.35. The van der Waals surface area contributed by atoms with Crippen LogP contribution in [0.15, 0.2) is 12.1 Å². The Morgan fingerprint density at radius 3 is 2.22 bits per heavy atom. The van der Waals surface area contributed by atoms with Crippen molar-refractivity contribution in [3.63, 3.8) is 0 Å². The second kappa shape index (κ2) is 6.44. The fourth-order valence-corrected chi connectivity index (χ4v) is 2.17. The van der Waals surface area contributed by atoms with E-state index in [1.165, 1.54) is 0 Å². The third-order valence-electron chi connectivity index (χ3n) is 2.77. The molecular weight excluding hydrogens is 250 g/mol. The van der Waals surface area contributed by atoms with Crippen LogP contribution in [0.2, 0.25) is 0 Å². The number of nitrogens with two attached hydrogens (primary N) is 1. The molecule has 2 N–H and O–H groups in total. The van der Waals surface area contributed by atoms with Crippen molar-refractivity contribution in [1.82, 2.24) is 0 Å². The number of thiocarbonyl (C=S) groups is 1. The molecule has 18 heavy (non-hydrogen) atoms. The van der Waals surface area contributed by atoms with Crippen LogP contribution in [0.3, 0.4) is 0 Å². The van der Waals surface area contributed by atoms with Gasteiger partial charge in [-0.3, -0.25) is 0 Å². The predicted molar refractivity (Wildman–Crippen MR) is 75.9 cm³/mol. The van der Waals surface area contributed by atoms with Crippen molar-refractivity contribution in [1.29, 1.82) is 0 Å². The van der Waals surface area contributed by atoms with Crippen molar-refractivity contribution in [3.05, 3.63) is 17.7 Å². The van der Waals surface area contributed by atoms with Gasteiger partial charge in [-0.05, 0) is 12.0 Å². The molecule has 0 aliphatic carbocycles. The van der Waals surface area contributed by atoms with E-state index in [4.69, 9.17) is 32.2 Å². The van der Waals surface area contributed by atoms with E-state index in [9.17, 15) is 0 Å². The summed E-state index contributed by atoms with van der Waals surface area (Å²) in [4.78, 5) is 0.485. The van der Waals surface area contributed by atoms with Crippen molar-refractivity contribution < 1.29 is 14.2 Å². The standard InChI is InChI=1S/C13H19NO3S/c1-8(7-11(14)18)9-5-6-10(15-2)13(17-4)12(9)16-3/h5-6,8H,7H2,1-4H3,(H2,14,18). The quantitative estimate of drug-likeness (QED) is 0.804. The summed E-state index contributed by atoms with van der Waals surface area (Å²) in [5.41, 5.74) is 6.59. The number of benzene rings is 1. The number of ether oxygens (including phenoxy) is 3. The monoisotopic (exact) mass is 269 g/mol. The highest BCUT2D eigenvalue weighted by Crippen LogP contribution is 2.43. The molecule has 4 nitrogen and oxygen atoms in total. The smallest absolute Gasteiger partial charge is 0.203 e. The Morgan fingerprint density at radius 1 is 1.17 bits per heavy atom. The molecule has 0 amide bonds. The summed E-state index contributed by atoms with van der Waals surface area (Å²) < 4.78 is 16.0. The van der Waals surface area contributed by atoms with E-state index >= 15 is 0 Å². The second-order valence-corrected chi connectivity index (χ2v) is 4.52. The summed E-state index contributed by atoms with van der Waals surface area (Å²) in [6.07, 6.45) is 0.626. The summed E-state index contributed by atoms with van der Waals surface area (Å²) in [5, 5.41) is 0. The maximum atomic E-state index is 5.58. The molecule has 100 valence electrons. The van der Waals surface area contributed by atoms with Gasteiger partial charge in [0.05, 0.1) is 26.3 Å². The van der Waals surface area contributed by atoms with E-state index in [-0.39, 0.29) is 5.92 Å². The second-order valence-electron chi connectivity index (χ2n) is 4.00. The van der Waals surface area contributed by atoms with Crippen LogP contribution in [0.25, 0.3) is 0 Å². The lowest BCUT2D eigenvalue weighted by Crippen LogP contribution is -2.12. The van der Waals surface area contributed by atoms with E-state index < -0.39 is 0 Å². The highest BCUT2D eigenvalue weighted by molar-refractivity contribution is 7.80. The summed E-state index contributed by atoms with van der Waals surface area (Å²) in [6.45, 7) is 2.04. The van der Waals surface area contributed by atoms with Gasteiger partial charge in [-0.2, -0.15) is 0 Å². The van der Waals surface area contributed by atoms with Gasteiger partial charge in [0.2, 0.25) is 5.75 Å². The van der Waals surface area contributed by atoms with Crippen LogP contribution in [-0.2, 0) is 0 Å². The molecule has 1 rings (SSSR count). The highest BCUT2D eigenvalue weighted by Gasteiger charge is 2.19. The average molecular weight is 269 g/mol. The van der Waals surface area contributed by atoms with Crippen molar-refractivity contribution in [3.8, 4) is 17.2 Å². The number of methoxy groups -OCH3 is 3. The van der Waals surface area contributed by atoms with E-state index in [0.29, 0.717) is 28.7 Å². The SMILES string of the molecule is COc1ccc(C(C)CC(N)=S)c(OC)c1OC. The maximum absolute atomic E-state index is 5.58. The van der Waals surface area contributed by atoms with Gasteiger partial charge in [0.25, 0.3) is 0 Å². The molecule has 1 atom stereocenters. The van der Waals surface area contributed by atoms with E-state index in [1.807, 2.05) is 19.1 Å². The van der Waals surface area contributed by atoms with Crippen LogP contribution in [0.5, 0.6) is 17.2 Å². The van der Waals surface area contributed by atoms with Gasteiger partial charge in [0.15, 0.2) is 11.5 Å². The molecule has 0 saturated carbocycles. The van der Waals surface area contributed by atoms with Gasteiger partial charge in [0, 0.05) is 12.0 Å². The van der Waals surface area contributed by atoms with E-state index in [1.54, 1.807) is 21.3 Å². The Bertz CT molecular complexity index is 434.